The zero-order valence-electron chi connectivity index (χ0n) is 19.4. The summed E-state index contributed by atoms with van der Waals surface area (Å²) in [7, 11) is 0. The summed E-state index contributed by atoms with van der Waals surface area (Å²) >= 11 is 0. The van der Waals surface area contributed by atoms with Crippen LogP contribution < -0.4 is 0 Å². The van der Waals surface area contributed by atoms with Gasteiger partial charge < -0.3 is 23.4 Å². The van der Waals surface area contributed by atoms with Gasteiger partial charge in [0.15, 0.2) is 6.10 Å². The van der Waals surface area contributed by atoms with Gasteiger partial charge in [-0.3, -0.25) is 20.0 Å². The van der Waals surface area contributed by atoms with Crippen molar-refractivity contribution in [2.45, 2.75) is 32.8 Å². The van der Waals surface area contributed by atoms with Gasteiger partial charge >= 0.3 is 17.9 Å². The van der Waals surface area contributed by atoms with Crippen molar-refractivity contribution in [2.24, 2.45) is 0 Å². The molecule has 2 aromatic rings. The van der Waals surface area contributed by atoms with Crippen molar-refractivity contribution >= 4 is 34.5 Å². The molecule has 0 spiro atoms. The number of furan rings is 1. The quantitative estimate of drug-likeness (QED) is 0.182. The summed E-state index contributed by atoms with van der Waals surface area (Å²) in [6, 6.07) is 5.53. The number of cyclic esters (lactones) is 1. The van der Waals surface area contributed by atoms with Crippen LogP contribution in [0.4, 0.5) is 0 Å². The fraction of sp³-hybridized carbons (Fsp3) is 0.435. The lowest BCUT2D eigenvalue weighted by atomic mass is 10.0. The van der Waals surface area contributed by atoms with E-state index < -0.39 is 23.4 Å². The Kier molecular flexibility index (Phi) is 9.34. The van der Waals surface area contributed by atoms with Crippen molar-refractivity contribution in [3.8, 4) is 0 Å². The molecule has 12 heteroatoms. The minimum atomic E-state index is -0.672. The van der Waals surface area contributed by atoms with Gasteiger partial charge in [0.1, 0.15) is 24.6 Å². The van der Waals surface area contributed by atoms with Crippen LogP contribution in [0.2, 0.25) is 0 Å². The van der Waals surface area contributed by atoms with Gasteiger partial charge in [0, 0.05) is 22.6 Å². The standard InChI is InChI=1S/C23H27NO11/c1-14-18-11-16(17-12-22(27)32-13-17)3-4-19(18)35-23(14)15(2)34-21(26)6-5-20(25)31-9-7-30-8-10-33-24(28)29/h3-4,11-12,15,28-29H,5-10,13H2,1-2H3. The molecule has 1 aliphatic heterocycles. The number of nitrogens with zero attached hydrogens (tertiary/aromatic N) is 1. The molecule has 1 atom stereocenters. The number of esters is 3. The first-order valence-electron chi connectivity index (χ1n) is 10.9. The highest BCUT2D eigenvalue weighted by Gasteiger charge is 2.22. The normalized spacial score (nSPS) is 14.2. The molecule has 0 amide bonds. The van der Waals surface area contributed by atoms with Crippen LogP contribution in [0, 0.1) is 6.92 Å². The van der Waals surface area contributed by atoms with E-state index in [4.69, 9.17) is 33.8 Å². The Balaban J connectivity index is 1.44. The average Bonchev–Trinajstić information content (AvgIpc) is 3.39. The van der Waals surface area contributed by atoms with Crippen LogP contribution in [0.1, 0.15) is 42.8 Å². The molecule has 1 aromatic heterocycles. The number of rotatable bonds is 13. The second-order valence-electron chi connectivity index (χ2n) is 7.63. The minimum absolute atomic E-state index is 0.0242. The highest BCUT2D eigenvalue weighted by molar-refractivity contribution is 5.97. The molecule has 2 N–H and O–H groups in total. The van der Waals surface area contributed by atoms with Crippen molar-refractivity contribution in [3.63, 3.8) is 0 Å². The second-order valence-corrected chi connectivity index (χ2v) is 7.63. The molecule has 1 aromatic carbocycles. The number of benzene rings is 1. The molecule has 12 nitrogen and oxygen atoms in total. The molecule has 0 radical (unpaired) electrons. The third kappa shape index (κ3) is 7.60. The predicted molar refractivity (Wildman–Crippen MR) is 117 cm³/mol. The van der Waals surface area contributed by atoms with Crippen molar-refractivity contribution in [3.05, 3.63) is 41.2 Å². The van der Waals surface area contributed by atoms with E-state index in [0.29, 0.717) is 11.3 Å². The number of aryl methyl sites for hydroxylation is 1. The summed E-state index contributed by atoms with van der Waals surface area (Å²) in [5.41, 5.74) is 3.06. The second kappa shape index (κ2) is 12.4. The molecule has 0 saturated heterocycles. The van der Waals surface area contributed by atoms with Crippen molar-refractivity contribution in [2.75, 3.05) is 33.0 Å². The fourth-order valence-electron chi connectivity index (χ4n) is 3.45. The molecule has 190 valence electrons. The summed E-state index contributed by atoms with van der Waals surface area (Å²) < 4.78 is 26.3. The SMILES string of the molecule is Cc1c(C(C)OC(=O)CCC(=O)OCCOCCON(O)O)oc2ccc(C3=CC(=O)OC3)cc12. The number of carbonyl (C=O) groups excluding carboxylic acids is 3. The molecule has 1 aliphatic rings. The highest BCUT2D eigenvalue weighted by atomic mass is 17.1. The maximum atomic E-state index is 12.2. The minimum Gasteiger partial charge on any atom is -0.463 e. The van der Waals surface area contributed by atoms with Crippen LogP contribution in [0.3, 0.4) is 0 Å². The lowest BCUT2D eigenvalue weighted by Gasteiger charge is -2.12. The van der Waals surface area contributed by atoms with Gasteiger partial charge in [-0.1, -0.05) is 6.07 Å². The first-order valence-corrected chi connectivity index (χ1v) is 10.9. The van der Waals surface area contributed by atoms with Crippen LogP contribution in [-0.4, -0.2) is 66.7 Å². The smallest absolute Gasteiger partial charge is 0.331 e. The zero-order chi connectivity index (χ0) is 25.4. The molecular formula is C23H27NO11. The van der Waals surface area contributed by atoms with Crippen LogP contribution in [0.15, 0.2) is 28.7 Å². The molecule has 0 bridgehead atoms. The van der Waals surface area contributed by atoms with Gasteiger partial charge in [0.05, 0.1) is 38.1 Å². The van der Waals surface area contributed by atoms with E-state index in [9.17, 15) is 14.4 Å². The van der Waals surface area contributed by atoms with Crippen molar-refractivity contribution in [1.82, 2.24) is 5.39 Å². The summed E-state index contributed by atoms with van der Waals surface area (Å²) in [5, 5.41) is 17.1. The third-order valence-electron chi connectivity index (χ3n) is 5.14. The molecule has 3 rings (SSSR count). The van der Waals surface area contributed by atoms with E-state index in [-0.39, 0.29) is 51.8 Å². The van der Waals surface area contributed by atoms with E-state index in [1.165, 1.54) is 6.08 Å². The van der Waals surface area contributed by atoms with E-state index in [1.54, 1.807) is 13.0 Å². The summed E-state index contributed by atoms with van der Waals surface area (Å²) in [4.78, 5) is 39.6. The Hall–Kier alpha value is -3.29. The van der Waals surface area contributed by atoms with Gasteiger partial charge in [-0.15, -0.1) is 0 Å². The maximum absolute atomic E-state index is 12.2. The van der Waals surface area contributed by atoms with E-state index in [1.807, 2.05) is 19.1 Å². The molecule has 0 aliphatic carbocycles. The topological polar surface area (TPSA) is 154 Å². The fourth-order valence-corrected chi connectivity index (χ4v) is 3.45. The van der Waals surface area contributed by atoms with E-state index >= 15 is 0 Å². The van der Waals surface area contributed by atoms with Gasteiger partial charge in [0.2, 0.25) is 0 Å². The largest absolute Gasteiger partial charge is 0.463 e. The molecule has 1 unspecified atom stereocenters. The number of ether oxygens (including phenoxy) is 4. The van der Waals surface area contributed by atoms with Crippen LogP contribution in [0.5, 0.6) is 0 Å². The Morgan fingerprint density at radius 3 is 2.57 bits per heavy atom. The molecule has 2 heterocycles. The van der Waals surface area contributed by atoms with Crippen molar-refractivity contribution < 1.29 is 53.0 Å². The van der Waals surface area contributed by atoms with Gasteiger partial charge in [-0.25, -0.2) is 9.63 Å². The Bertz CT molecular complexity index is 1090. The molecule has 0 saturated carbocycles. The molecule has 35 heavy (non-hydrogen) atoms. The van der Waals surface area contributed by atoms with Crippen LogP contribution in [-0.2, 0) is 38.2 Å². The molecular weight excluding hydrogens is 466 g/mol. The summed E-state index contributed by atoms with van der Waals surface area (Å²) in [6.07, 6.45) is 0.469. The van der Waals surface area contributed by atoms with Gasteiger partial charge in [-0.05, 0) is 31.5 Å². The number of fused-ring (bicyclic) bond motifs is 1. The zero-order valence-corrected chi connectivity index (χ0v) is 19.4. The van der Waals surface area contributed by atoms with E-state index in [2.05, 4.69) is 4.84 Å². The van der Waals surface area contributed by atoms with E-state index in [0.717, 1.165) is 22.1 Å². The highest BCUT2D eigenvalue weighted by Crippen LogP contribution is 2.33. The Labute approximate surface area is 200 Å². The average molecular weight is 493 g/mol. The van der Waals surface area contributed by atoms with Gasteiger partial charge in [-0.2, -0.15) is 0 Å². The Morgan fingerprint density at radius 2 is 1.86 bits per heavy atom. The van der Waals surface area contributed by atoms with Crippen LogP contribution in [0.25, 0.3) is 16.5 Å². The number of carbonyl (C=O) groups is 3. The molecule has 0 fully saturated rings. The number of hydrogen-bond donors (Lipinski definition) is 2. The van der Waals surface area contributed by atoms with Crippen LogP contribution >= 0.6 is 0 Å². The monoisotopic (exact) mass is 493 g/mol. The van der Waals surface area contributed by atoms with Gasteiger partial charge in [0.25, 0.3) is 0 Å². The first kappa shape index (κ1) is 26.3. The summed E-state index contributed by atoms with van der Waals surface area (Å²) in [5.74, 6) is -1.03. The number of hydrogen-bond acceptors (Lipinski definition) is 12. The third-order valence-corrected chi connectivity index (χ3v) is 5.14. The summed E-state index contributed by atoms with van der Waals surface area (Å²) in [6.45, 7) is 3.79. The lowest BCUT2D eigenvalue weighted by molar-refractivity contribution is -0.493. The maximum Gasteiger partial charge on any atom is 0.331 e. The first-order chi connectivity index (χ1) is 16.7. The Morgan fingerprint density at radius 1 is 1.11 bits per heavy atom. The lowest BCUT2D eigenvalue weighted by Crippen LogP contribution is -2.19. The predicted octanol–water partition coefficient (Wildman–Crippen LogP) is 2.64. The van der Waals surface area contributed by atoms with Crippen molar-refractivity contribution in [1.29, 1.82) is 0 Å².